The first-order valence-corrected chi connectivity index (χ1v) is 10.4. The van der Waals surface area contributed by atoms with E-state index in [9.17, 15) is 4.79 Å². The predicted molar refractivity (Wildman–Crippen MR) is 123 cm³/mol. The normalized spacial score (nSPS) is 12.1. The lowest BCUT2D eigenvalue weighted by molar-refractivity contribution is 0.104. The smallest absolute Gasteiger partial charge is 0.196 e. The molecule has 0 amide bonds. The fourth-order valence-electron chi connectivity index (χ4n) is 4.22. The quantitative estimate of drug-likeness (QED) is 0.351. The van der Waals surface area contributed by atoms with E-state index in [1.54, 1.807) is 6.26 Å². The minimum atomic E-state index is -0.0437. The second-order valence-corrected chi connectivity index (χ2v) is 7.73. The third-order valence-corrected chi connectivity index (χ3v) is 5.76. The molecule has 1 aliphatic carbocycles. The molecule has 32 heavy (non-hydrogen) atoms. The van der Waals surface area contributed by atoms with Gasteiger partial charge in [-0.2, -0.15) is 0 Å². The van der Waals surface area contributed by atoms with Crippen LogP contribution in [0.25, 0.3) is 22.2 Å². The number of ketones is 1. The summed E-state index contributed by atoms with van der Waals surface area (Å²) in [6.07, 6.45) is 1.64. The van der Waals surface area contributed by atoms with Crippen LogP contribution in [0.1, 0.15) is 27.2 Å². The van der Waals surface area contributed by atoms with E-state index in [1.165, 1.54) is 0 Å². The van der Waals surface area contributed by atoms with Gasteiger partial charge >= 0.3 is 0 Å². The van der Waals surface area contributed by atoms with Gasteiger partial charge in [-0.05, 0) is 23.8 Å². The van der Waals surface area contributed by atoms with Crippen molar-refractivity contribution in [3.63, 3.8) is 0 Å². The van der Waals surface area contributed by atoms with Crippen LogP contribution in [-0.2, 0) is 13.1 Å². The van der Waals surface area contributed by atoms with Gasteiger partial charge in [0, 0.05) is 23.4 Å². The Balaban J connectivity index is 1.49. The Bertz CT molecular complexity index is 1440. The number of aromatic nitrogens is 1. The molecule has 0 aliphatic heterocycles. The molecular formula is C26H19N3O3. The Morgan fingerprint density at radius 3 is 2.41 bits per heavy atom. The summed E-state index contributed by atoms with van der Waals surface area (Å²) in [5.41, 5.74) is 5.27. The number of furan rings is 1. The van der Waals surface area contributed by atoms with Gasteiger partial charge in [-0.25, -0.2) is 0 Å². The van der Waals surface area contributed by atoms with E-state index in [-0.39, 0.29) is 5.78 Å². The summed E-state index contributed by atoms with van der Waals surface area (Å²) in [4.78, 5) is 13.5. The molecule has 2 N–H and O–H groups in total. The number of benzene rings is 3. The molecule has 0 fully saturated rings. The summed E-state index contributed by atoms with van der Waals surface area (Å²) in [6, 6.07) is 23.3. The average molecular weight is 421 g/mol. The first-order chi connectivity index (χ1) is 15.8. The summed E-state index contributed by atoms with van der Waals surface area (Å²) in [6.45, 7) is 1.08. The third-order valence-electron chi connectivity index (χ3n) is 5.76. The summed E-state index contributed by atoms with van der Waals surface area (Å²) in [7, 11) is 0. The van der Waals surface area contributed by atoms with Crippen molar-refractivity contribution >= 4 is 28.1 Å². The molecule has 5 aromatic rings. The highest BCUT2D eigenvalue weighted by molar-refractivity contribution is 6.28. The third kappa shape index (κ3) is 2.96. The van der Waals surface area contributed by atoms with Gasteiger partial charge in [0.25, 0.3) is 0 Å². The topological polar surface area (TPSA) is 80.3 Å². The summed E-state index contributed by atoms with van der Waals surface area (Å²) in [5.74, 6) is 1.36. The molecule has 0 saturated carbocycles. The predicted octanol–water partition coefficient (Wildman–Crippen LogP) is 5.86. The van der Waals surface area contributed by atoms with Crippen LogP contribution in [0, 0.1) is 0 Å². The second kappa shape index (κ2) is 7.42. The van der Waals surface area contributed by atoms with Gasteiger partial charge in [0.05, 0.1) is 29.4 Å². The first kappa shape index (κ1) is 18.4. The van der Waals surface area contributed by atoms with E-state index in [0.717, 1.165) is 28.0 Å². The Labute approximate surface area is 183 Å². The molecule has 6 rings (SSSR count). The maximum atomic E-state index is 13.5. The first-order valence-electron chi connectivity index (χ1n) is 10.4. The Morgan fingerprint density at radius 2 is 1.59 bits per heavy atom. The number of hydrogen-bond donors (Lipinski definition) is 2. The molecule has 0 bridgehead atoms. The zero-order valence-electron chi connectivity index (χ0n) is 17.1. The molecule has 0 saturated heterocycles. The molecule has 6 nitrogen and oxygen atoms in total. The minimum Gasteiger partial charge on any atom is -0.467 e. The molecule has 2 heterocycles. The van der Waals surface area contributed by atoms with Crippen molar-refractivity contribution in [2.45, 2.75) is 13.1 Å². The van der Waals surface area contributed by atoms with Crippen molar-refractivity contribution in [3.05, 3.63) is 102 Å². The largest absolute Gasteiger partial charge is 0.467 e. The Morgan fingerprint density at radius 1 is 0.812 bits per heavy atom. The number of carbonyl (C=O) groups excluding carboxylic acids is 1. The van der Waals surface area contributed by atoms with Gasteiger partial charge in [0.2, 0.25) is 0 Å². The van der Waals surface area contributed by atoms with E-state index in [2.05, 4.69) is 27.9 Å². The molecule has 156 valence electrons. The van der Waals surface area contributed by atoms with Gasteiger partial charge in [-0.3, -0.25) is 4.79 Å². The highest BCUT2D eigenvalue weighted by Gasteiger charge is 2.32. The van der Waals surface area contributed by atoms with Crippen LogP contribution in [0.3, 0.4) is 0 Å². The van der Waals surface area contributed by atoms with Gasteiger partial charge in [-0.15, -0.1) is 0 Å². The number of fused-ring (bicyclic) bond motifs is 2. The molecule has 0 radical (unpaired) electrons. The van der Waals surface area contributed by atoms with Crippen molar-refractivity contribution in [1.82, 2.24) is 5.16 Å². The highest BCUT2D eigenvalue weighted by Crippen LogP contribution is 2.45. The van der Waals surface area contributed by atoms with Gasteiger partial charge in [0.1, 0.15) is 11.3 Å². The molecular weight excluding hydrogens is 402 g/mol. The number of anilines is 2. The summed E-state index contributed by atoms with van der Waals surface area (Å²) >= 11 is 0. The zero-order valence-corrected chi connectivity index (χ0v) is 17.1. The van der Waals surface area contributed by atoms with Crippen LogP contribution in [0.2, 0.25) is 0 Å². The van der Waals surface area contributed by atoms with Crippen LogP contribution in [-0.4, -0.2) is 10.9 Å². The van der Waals surface area contributed by atoms with Gasteiger partial charge < -0.3 is 19.6 Å². The van der Waals surface area contributed by atoms with E-state index < -0.39 is 0 Å². The van der Waals surface area contributed by atoms with Crippen molar-refractivity contribution in [2.24, 2.45) is 0 Å². The molecule has 0 unspecified atom stereocenters. The van der Waals surface area contributed by atoms with Crippen LogP contribution < -0.4 is 10.6 Å². The number of nitrogens with zero attached hydrogens (tertiary/aromatic N) is 1. The van der Waals surface area contributed by atoms with Crippen LogP contribution >= 0.6 is 0 Å². The maximum absolute atomic E-state index is 13.5. The van der Waals surface area contributed by atoms with Crippen molar-refractivity contribution < 1.29 is 13.7 Å². The minimum absolute atomic E-state index is 0.0437. The second-order valence-electron chi connectivity index (χ2n) is 7.73. The SMILES string of the molecule is O=C1c2ccccc2-c2onc3c(NCc4ccccc4)cc(NCc4ccco4)c1c23. The number of hydrogen-bond acceptors (Lipinski definition) is 6. The average Bonchev–Trinajstić information content (AvgIpc) is 3.51. The van der Waals surface area contributed by atoms with Crippen molar-refractivity contribution in [3.8, 4) is 11.3 Å². The zero-order chi connectivity index (χ0) is 21.5. The van der Waals surface area contributed by atoms with E-state index >= 15 is 0 Å². The lowest BCUT2D eigenvalue weighted by Gasteiger charge is -2.19. The number of rotatable bonds is 6. The maximum Gasteiger partial charge on any atom is 0.196 e. The van der Waals surface area contributed by atoms with E-state index in [1.807, 2.05) is 60.7 Å². The number of carbonyl (C=O) groups is 1. The molecule has 2 aromatic heterocycles. The fourth-order valence-corrected chi connectivity index (χ4v) is 4.22. The van der Waals surface area contributed by atoms with Crippen LogP contribution in [0.4, 0.5) is 11.4 Å². The van der Waals surface area contributed by atoms with Crippen LogP contribution in [0.5, 0.6) is 0 Å². The van der Waals surface area contributed by atoms with Crippen molar-refractivity contribution in [1.29, 1.82) is 0 Å². The van der Waals surface area contributed by atoms with Crippen LogP contribution in [0.15, 0.2) is 88.0 Å². The molecule has 6 heteroatoms. The molecule has 1 aliphatic rings. The van der Waals surface area contributed by atoms with Gasteiger partial charge in [0.15, 0.2) is 11.5 Å². The molecule has 0 spiro atoms. The van der Waals surface area contributed by atoms with E-state index in [4.69, 9.17) is 8.94 Å². The summed E-state index contributed by atoms with van der Waals surface area (Å²) in [5, 5.41) is 11.9. The monoisotopic (exact) mass is 421 g/mol. The Hall–Kier alpha value is -4.32. The van der Waals surface area contributed by atoms with E-state index in [0.29, 0.717) is 41.2 Å². The van der Waals surface area contributed by atoms with Gasteiger partial charge in [-0.1, -0.05) is 59.8 Å². The summed E-state index contributed by atoms with van der Waals surface area (Å²) < 4.78 is 11.2. The molecule has 3 aromatic carbocycles. The Kier molecular flexibility index (Phi) is 4.28. The van der Waals surface area contributed by atoms with Crippen molar-refractivity contribution in [2.75, 3.05) is 10.6 Å². The standard InChI is InChI=1S/C26H19N3O3/c30-25-18-10-4-5-11-19(18)26-23-22(25)20(28-15-17-9-6-12-31-17)13-21(24(23)29-32-26)27-14-16-7-2-1-3-8-16/h1-13,27-28H,14-15H2. The lowest BCUT2D eigenvalue weighted by Crippen LogP contribution is -2.13. The highest BCUT2D eigenvalue weighted by atomic mass is 16.5. The fraction of sp³-hybridized carbons (Fsp3) is 0.0769. The molecule has 0 atom stereocenters. The number of nitrogens with one attached hydrogen (secondary N) is 2. The lowest BCUT2D eigenvalue weighted by atomic mass is 9.86.